The van der Waals surface area contributed by atoms with Crippen molar-refractivity contribution in [2.75, 3.05) is 26.3 Å². The topological polar surface area (TPSA) is 50.8 Å². The van der Waals surface area contributed by atoms with Crippen molar-refractivity contribution >= 4 is 5.91 Å². The minimum absolute atomic E-state index is 0.274. The monoisotopic (exact) mass is 346 g/mol. The van der Waals surface area contributed by atoms with Crippen molar-refractivity contribution in [2.45, 2.75) is 52.1 Å². The number of fused-ring (bicyclic) bond motifs is 1. The molecular formula is C20H30N2O3. The van der Waals surface area contributed by atoms with Crippen LogP contribution in [0.25, 0.3) is 0 Å². The van der Waals surface area contributed by atoms with Gasteiger partial charge in [0.25, 0.3) is 0 Å². The van der Waals surface area contributed by atoms with Gasteiger partial charge in [0.05, 0.1) is 13.2 Å². The number of ether oxygens (including phenoxy) is 2. The van der Waals surface area contributed by atoms with Crippen molar-refractivity contribution in [3.63, 3.8) is 0 Å². The van der Waals surface area contributed by atoms with Gasteiger partial charge >= 0.3 is 0 Å². The number of amides is 1. The van der Waals surface area contributed by atoms with Crippen LogP contribution >= 0.6 is 0 Å². The Morgan fingerprint density at radius 1 is 1.28 bits per heavy atom. The number of hydrogen-bond donors (Lipinski definition) is 1. The van der Waals surface area contributed by atoms with Crippen LogP contribution in [0.4, 0.5) is 0 Å². The molecule has 0 saturated carbocycles. The third-order valence-electron chi connectivity index (χ3n) is 5.32. The van der Waals surface area contributed by atoms with Crippen LogP contribution in [-0.2, 0) is 11.3 Å². The maximum absolute atomic E-state index is 12.0. The van der Waals surface area contributed by atoms with E-state index in [9.17, 15) is 4.79 Å². The lowest BCUT2D eigenvalue weighted by Gasteiger charge is -2.39. The summed E-state index contributed by atoms with van der Waals surface area (Å²) in [5.41, 5.74) is 1.15. The van der Waals surface area contributed by atoms with Gasteiger partial charge in [-0.1, -0.05) is 32.4 Å². The highest BCUT2D eigenvalue weighted by atomic mass is 16.5. The van der Waals surface area contributed by atoms with Gasteiger partial charge in [-0.3, -0.25) is 4.79 Å². The lowest BCUT2D eigenvalue weighted by molar-refractivity contribution is -0.133. The molecule has 0 aromatic heterocycles. The summed E-state index contributed by atoms with van der Waals surface area (Å²) in [6, 6.07) is 6.56. The van der Waals surface area contributed by atoms with E-state index in [0.717, 1.165) is 56.0 Å². The molecule has 3 rings (SSSR count). The Bertz CT molecular complexity index is 590. The van der Waals surface area contributed by atoms with Gasteiger partial charge in [0.15, 0.2) is 11.5 Å². The molecule has 1 saturated heterocycles. The Kier molecular flexibility index (Phi) is 6.19. The number of para-hydroxylation sites is 1. The van der Waals surface area contributed by atoms with Crippen molar-refractivity contribution in [3.05, 3.63) is 23.8 Å². The zero-order valence-corrected chi connectivity index (χ0v) is 15.4. The lowest BCUT2D eigenvalue weighted by atomic mass is 9.89. The average Bonchev–Trinajstić information content (AvgIpc) is 2.91. The van der Waals surface area contributed by atoms with Crippen LogP contribution in [0.5, 0.6) is 11.5 Å². The molecular weight excluding hydrogens is 316 g/mol. The number of hydrogen-bond acceptors (Lipinski definition) is 4. The summed E-state index contributed by atoms with van der Waals surface area (Å²) in [6.45, 7) is 8.07. The van der Waals surface area contributed by atoms with Gasteiger partial charge in [-0.2, -0.15) is 0 Å². The van der Waals surface area contributed by atoms with Gasteiger partial charge in [-0.05, 0) is 18.4 Å². The fourth-order valence-corrected chi connectivity index (χ4v) is 3.80. The molecule has 2 atom stereocenters. The van der Waals surface area contributed by atoms with Gasteiger partial charge in [0.1, 0.15) is 0 Å². The third kappa shape index (κ3) is 4.27. The van der Waals surface area contributed by atoms with Gasteiger partial charge in [-0.25, -0.2) is 0 Å². The zero-order valence-electron chi connectivity index (χ0n) is 15.4. The molecule has 25 heavy (non-hydrogen) atoms. The van der Waals surface area contributed by atoms with Crippen molar-refractivity contribution in [2.24, 2.45) is 5.92 Å². The predicted octanol–water partition coefficient (Wildman–Crippen LogP) is 2.97. The number of rotatable bonds is 5. The average molecular weight is 346 g/mol. The number of carbonyl (C=O) groups is 1. The van der Waals surface area contributed by atoms with Gasteiger partial charge < -0.3 is 19.7 Å². The Hall–Kier alpha value is -1.75. The molecule has 1 aromatic rings. The molecule has 0 aliphatic carbocycles. The molecule has 1 amide bonds. The molecule has 2 aliphatic heterocycles. The maximum atomic E-state index is 12.0. The first-order valence-electron chi connectivity index (χ1n) is 9.61. The second-order valence-corrected chi connectivity index (χ2v) is 6.93. The standard InChI is InChI=1S/C20H30N2O3/c1-3-15-14-22(19(23)4-2)10-9-17(15)21-13-16-7-5-8-18-20(16)25-12-6-11-24-18/h5,7-8,15,17,21H,3-4,6,9-14H2,1-2H3/t15-,17-/m1/s1. The summed E-state index contributed by atoms with van der Waals surface area (Å²) >= 11 is 0. The summed E-state index contributed by atoms with van der Waals surface area (Å²) in [6.07, 6.45) is 3.61. The number of nitrogens with zero attached hydrogens (tertiary/aromatic N) is 1. The molecule has 1 N–H and O–H groups in total. The van der Waals surface area contributed by atoms with Crippen LogP contribution in [-0.4, -0.2) is 43.2 Å². The summed E-state index contributed by atoms with van der Waals surface area (Å²) in [5.74, 6) is 2.52. The molecule has 5 nitrogen and oxygen atoms in total. The fraction of sp³-hybridized carbons (Fsp3) is 0.650. The summed E-state index contributed by atoms with van der Waals surface area (Å²) < 4.78 is 11.7. The van der Waals surface area contributed by atoms with Crippen LogP contribution in [0, 0.1) is 5.92 Å². The summed E-state index contributed by atoms with van der Waals surface area (Å²) in [7, 11) is 0. The molecule has 2 aliphatic rings. The van der Waals surface area contributed by atoms with E-state index in [1.54, 1.807) is 0 Å². The number of carbonyl (C=O) groups excluding carboxylic acids is 1. The van der Waals surface area contributed by atoms with Crippen LogP contribution in [0.15, 0.2) is 18.2 Å². The van der Waals surface area contributed by atoms with E-state index in [-0.39, 0.29) is 5.91 Å². The lowest BCUT2D eigenvalue weighted by Crippen LogP contribution is -2.50. The molecule has 0 spiro atoms. The van der Waals surface area contributed by atoms with E-state index in [1.165, 1.54) is 0 Å². The van der Waals surface area contributed by atoms with Crippen molar-refractivity contribution < 1.29 is 14.3 Å². The molecule has 2 heterocycles. The third-order valence-corrected chi connectivity index (χ3v) is 5.32. The van der Waals surface area contributed by atoms with E-state index < -0.39 is 0 Å². The number of nitrogens with one attached hydrogen (secondary N) is 1. The maximum Gasteiger partial charge on any atom is 0.222 e. The second-order valence-electron chi connectivity index (χ2n) is 6.93. The van der Waals surface area contributed by atoms with E-state index in [0.29, 0.717) is 31.6 Å². The van der Waals surface area contributed by atoms with Crippen LogP contribution in [0.1, 0.15) is 45.1 Å². The second kappa shape index (κ2) is 8.56. The van der Waals surface area contributed by atoms with Crippen LogP contribution in [0.3, 0.4) is 0 Å². The Balaban J connectivity index is 1.63. The molecule has 138 valence electrons. The SMILES string of the molecule is CCC(=O)N1CC[C@@H](NCc2cccc3c2OCCCO3)[C@H](CC)C1. The number of benzene rings is 1. The highest BCUT2D eigenvalue weighted by molar-refractivity contribution is 5.75. The molecule has 5 heteroatoms. The van der Waals surface area contributed by atoms with E-state index in [2.05, 4.69) is 18.3 Å². The van der Waals surface area contributed by atoms with Crippen LogP contribution in [0.2, 0.25) is 0 Å². The zero-order chi connectivity index (χ0) is 17.6. The molecule has 0 radical (unpaired) electrons. The van der Waals surface area contributed by atoms with E-state index in [4.69, 9.17) is 9.47 Å². The Labute approximate surface area is 150 Å². The summed E-state index contributed by atoms with van der Waals surface area (Å²) in [4.78, 5) is 14.0. The Morgan fingerprint density at radius 2 is 2.12 bits per heavy atom. The van der Waals surface area contributed by atoms with Crippen molar-refractivity contribution in [1.82, 2.24) is 10.2 Å². The molecule has 0 unspecified atom stereocenters. The first kappa shape index (κ1) is 18.1. The first-order valence-corrected chi connectivity index (χ1v) is 9.61. The van der Waals surface area contributed by atoms with Gasteiger partial charge in [-0.15, -0.1) is 0 Å². The molecule has 1 fully saturated rings. The predicted molar refractivity (Wildman–Crippen MR) is 97.9 cm³/mol. The Morgan fingerprint density at radius 3 is 2.92 bits per heavy atom. The smallest absolute Gasteiger partial charge is 0.222 e. The summed E-state index contributed by atoms with van der Waals surface area (Å²) in [5, 5.41) is 3.71. The van der Waals surface area contributed by atoms with Gasteiger partial charge in [0.2, 0.25) is 5.91 Å². The van der Waals surface area contributed by atoms with Crippen molar-refractivity contribution in [3.8, 4) is 11.5 Å². The van der Waals surface area contributed by atoms with Gasteiger partial charge in [0, 0.05) is 44.1 Å². The van der Waals surface area contributed by atoms with E-state index in [1.807, 2.05) is 24.0 Å². The largest absolute Gasteiger partial charge is 0.490 e. The van der Waals surface area contributed by atoms with E-state index >= 15 is 0 Å². The van der Waals surface area contributed by atoms with Crippen molar-refractivity contribution in [1.29, 1.82) is 0 Å². The normalized spacial score (nSPS) is 23.2. The quantitative estimate of drug-likeness (QED) is 0.890. The number of likely N-dealkylation sites (tertiary alicyclic amines) is 1. The number of piperidine rings is 1. The minimum atomic E-state index is 0.274. The first-order chi connectivity index (χ1) is 12.2. The van der Waals surface area contributed by atoms with Crippen LogP contribution < -0.4 is 14.8 Å². The minimum Gasteiger partial charge on any atom is -0.490 e. The fourth-order valence-electron chi connectivity index (χ4n) is 3.80. The molecule has 0 bridgehead atoms. The highest BCUT2D eigenvalue weighted by Crippen LogP contribution is 2.33. The molecule has 1 aromatic carbocycles. The highest BCUT2D eigenvalue weighted by Gasteiger charge is 2.29.